The van der Waals surface area contributed by atoms with E-state index in [2.05, 4.69) is 0 Å². The lowest BCUT2D eigenvalue weighted by molar-refractivity contribution is 0.0730. The van der Waals surface area contributed by atoms with Crippen molar-refractivity contribution in [3.63, 3.8) is 0 Å². The van der Waals surface area contributed by atoms with Crippen molar-refractivity contribution >= 4 is 5.97 Å². The van der Waals surface area contributed by atoms with Crippen LogP contribution in [-0.4, -0.2) is 5.97 Å². The number of rotatable bonds is 5. The maximum absolute atomic E-state index is 14.1. The van der Waals surface area contributed by atoms with Crippen LogP contribution in [0.25, 0.3) is 0 Å². The highest BCUT2D eigenvalue weighted by Gasteiger charge is 2.14. The molecular formula is C19H16FNO2. The van der Waals surface area contributed by atoms with Crippen LogP contribution in [0, 0.1) is 17.1 Å². The summed E-state index contributed by atoms with van der Waals surface area (Å²) in [7, 11) is 0. The SMILES string of the molecule is CC=CCCc1ccc(C(=O)Oc2ccc(C#N)cc2)c(F)c1. The van der Waals surface area contributed by atoms with Gasteiger partial charge in [0.15, 0.2) is 0 Å². The molecule has 0 radical (unpaired) electrons. The number of halogens is 1. The number of ether oxygens (including phenoxy) is 1. The summed E-state index contributed by atoms with van der Waals surface area (Å²) in [5, 5.41) is 8.72. The van der Waals surface area contributed by atoms with E-state index >= 15 is 0 Å². The van der Waals surface area contributed by atoms with Gasteiger partial charge in [0.05, 0.1) is 17.2 Å². The number of carbonyl (C=O) groups is 1. The first-order chi connectivity index (χ1) is 11.1. The molecule has 2 aromatic rings. The normalized spacial score (nSPS) is 10.5. The summed E-state index contributed by atoms with van der Waals surface area (Å²) in [6.07, 6.45) is 5.49. The highest BCUT2D eigenvalue weighted by Crippen LogP contribution is 2.17. The highest BCUT2D eigenvalue weighted by atomic mass is 19.1. The Labute approximate surface area is 134 Å². The average molecular weight is 309 g/mol. The lowest BCUT2D eigenvalue weighted by Crippen LogP contribution is -2.11. The lowest BCUT2D eigenvalue weighted by atomic mass is 10.1. The van der Waals surface area contributed by atoms with Gasteiger partial charge in [-0.15, -0.1) is 0 Å². The minimum Gasteiger partial charge on any atom is -0.423 e. The summed E-state index contributed by atoms with van der Waals surface area (Å²) in [6, 6.07) is 12.6. The number of esters is 1. The largest absolute Gasteiger partial charge is 0.423 e. The number of benzene rings is 2. The van der Waals surface area contributed by atoms with Crippen LogP contribution in [0.4, 0.5) is 4.39 Å². The number of hydrogen-bond acceptors (Lipinski definition) is 3. The van der Waals surface area contributed by atoms with Gasteiger partial charge in [-0.3, -0.25) is 0 Å². The molecular weight excluding hydrogens is 293 g/mol. The zero-order valence-electron chi connectivity index (χ0n) is 12.8. The summed E-state index contributed by atoms with van der Waals surface area (Å²) in [5.41, 5.74) is 1.18. The van der Waals surface area contributed by atoms with Crippen LogP contribution in [0.2, 0.25) is 0 Å². The van der Waals surface area contributed by atoms with Gasteiger partial charge >= 0.3 is 5.97 Å². The Bertz CT molecular complexity index is 758. The predicted octanol–water partition coefficient (Wildman–Crippen LogP) is 4.43. The fourth-order valence-electron chi connectivity index (χ4n) is 2.06. The molecule has 0 aliphatic carbocycles. The van der Waals surface area contributed by atoms with Gasteiger partial charge in [0.1, 0.15) is 11.6 Å². The van der Waals surface area contributed by atoms with Crippen LogP contribution in [-0.2, 0) is 6.42 Å². The van der Waals surface area contributed by atoms with E-state index in [9.17, 15) is 9.18 Å². The molecule has 0 aromatic heterocycles. The number of carbonyl (C=O) groups excluding carboxylic acids is 1. The number of aryl methyl sites for hydroxylation is 1. The summed E-state index contributed by atoms with van der Waals surface area (Å²) in [6.45, 7) is 1.93. The Kier molecular flexibility index (Phi) is 5.65. The molecule has 0 aliphatic heterocycles. The van der Waals surface area contributed by atoms with Gasteiger partial charge < -0.3 is 4.74 Å². The third kappa shape index (κ3) is 4.52. The van der Waals surface area contributed by atoms with E-state index in [0.29, 0.717) is 12.0 Å². The van der Waals surface area contributed by atoms with E-state index in [-0.39, 0.29) is 11.3 Å². The summed E-state index contributed by atoms with van der Waals surface area (Å²) in [4.78, 5) is 12.0. The average Bonchev–Trinajstić information content (AvgIpc) is 2.56. The second-order valence-corrected chi connectivity index (χ2v) is 4.95. The van der Waals surface area contributed by atoms with Crippen molar-refractivity contribution in [1.82, 2.24) is 0 Å². The van der Waals surface area contributed by atoms with Gasteiger partial charge in [0.2, 0.25) is 0 Å². The summed E-state index contributed by atoms with van der Waals surface area (Å²) in [5.74, 6) is -1.08. The molecule has 0 heterocycles. The smallest absolute Gasteiger partial charge is 0.346 e. The van der Waals surface area contributed by atoms with Crippen LogP contribution < -0.4 is 4.74 Å². The van der Waals surface area contributed by atoms with Gasteiger partial charge in [-0.2, -0.15) is 5.26 Å². The van der Waals surface area contributed by atoms with Crippen molar-refractivity contribution in [2.75, 3.05) is 0 Å². The monoisotopic (exact) mass is 309 g/mol. The van der Waals surface area contributed by atoms with Crippen molar-refractivity contribution in [1.29, 1.82) is 5.26 Å². The number of allylic oxidation sites excluding steroid dienone is 2. The minimum atomic E-state index is -0.757. The fraction of sp³-hybridized carbons (Fsp3) is 0.158. The van der Waals surface area contributed by atoms with E-state index < -0.39 is 11.8 Å². The van der Waals surface area contributed by atoms with E-state index in [1.54, 1.807) is 6.07 Å². The molecule has 0 bridgehead atoms. The topological polar surface area (TPSA) is 50.1 Å². The van der Waals surface area contributed by atoms with Crippen molar-refractivity contribution in [2.45, 2.75) is 19.8 Å². The van der Waals surface area contributed by atoms with Gasteiger partial charge in [0, 0.05) is 0 Å². The molecule has 0 amide bonds. The standard InChI is InChI=1S/C19H16FNO2/c1-2-3-4-5-14-8-11-17(18(20)12-14)19(22)23-16-9-6-15(13-21)7-10-16/h2-3,6-12H,4-5H2,1H3. The molecule has 0 aliphatic rings. The molecule has 2 aromatic carbocycles. The Hall–Kier alpha value is -2.93. The van der Waals surface area contributed by atoms with Crippen LogP contribution in [0.15, 0.2) is 54.6 Å². The zero-order chi connectivity index (χ0) is 16.7. The van der Waals surface area contributed by atoms with Crippen molar-refractivity contribution in [3.05, 3.63) is 77.1 Å². The molecule has 116 valence electrons. The van der Waals surface area contributed by atoms with Gasteiger partial charge in [0.25, 0.3) is 0 Å². The third-order valence-electron chi connectivity index (χ3n) is 3.28. The molecule has 2 rings (SSSR count). The first kappa shape index (κ1) is 16.4. The molecule has 0 N–H and O–H groups in total. The van der Waals surface area contributed by atoms with Crippen molar-refractivity contribution in [3.8, 4) is 11.8 Å². The number of nitrogens with zero attached hydrogens (tertiary/aromatic N) is 1. The summed E-state index contributed by atoms with van der Waals surface area (Å²) < 4.78 is 19.2. The molecule has 4 heteroatoms. The second-order valence-electron chi connectivity index (χ2n) is 4.95. The van der Waals surface area contributed by atoms with Gasteiger partial charge in [-0.05, 0) is 61.7 Å². The summed E-state index contributed by atoms with van der Waals surface area (Å²) >= 11 is 0. The Morgan fingerprint density at radius 3 is 2.61 bits per heavy atom. The fourth-order valence-corrected chi connectivity index (χ4v) is 2.06. The number of nitriles is 1. The third-order valence-corrected chi connectivity index (χ3v) is 3.28. The molecule has 23 heavy (non-hydrogen) atoms. The molecule has 0 spiro atoms. The first-order valence-electron chi connectivity index (χ1n) is 7.26. The van der Waals surface area contributed by atoms with E-state index in [1.807, 2.05) is 25.1 Å². The maximum Gasteiger partial charge on any atom is 0.346 e. The Morgan fingerprint density at radius 1 is 1.26 bits per heavy atom. The van der Waals surface area contributed by atoms with Crippen LogP contribution in [0.5, 0.6) is 5.75 Å². The second kappa shape index (κ2) is 7.90. The molecule has 0 saturated heterocycles. The van der Waals surface area contributed by atoms with E-state index in [1.165, 1.54) is 36.4 Å². The lowest BCUT2D eigenvalue weighted by Gasteiger charge is -2.07. The van der Waals surface area contributed by atoms with Crippen LogP contribution >= 0.6 is 0 Å². The first-order valence-corrected chi connectivity index (χ1v) is 7.26. The molecule has 0 atom stereocenters. The zero-order valence-corrected chi connectivity index (χ0v) is 12.8. The minimum absolute atomic E-state index is 0.107. The Morgan fingerprint density at radius 2 is 2.00 bits per heavy atom. The molecule has 3 nitrogen and oxygen atoms in total. The molecule has 0 saturated carbocycles. The quantitative estimate of drug-likeness (QED) is 0.466. The Balaban J connectivity index is 2.08. The maximum atomic E-state index is 14.1. The van der Waals surface area contributed by atoms with Crippen molar-refractivity contribution < 1.29 is 13.9 Å². The molecule has 0 unspecified atom stereocenters. The van der Waals surface area contributed by atoms with Crippen molar-refractivity contribution in [2.24, 2.45) is 0 Å². The predicted molar refractivity (Wildman–Crippen MR) is 85.7 cm³/mol. The number of hydrogen-bond donors (Lipinski definition) is 0. The van der Waals surface area contributed by atoms with Crippen LogP contribution in [0.1, 0.15) is 34.8 Å². The highest BCUT2D eigenvalue weighted by molar-refractivity contribution is 5.91. The van der Waals surface area contributed by atoms with Crippen LogP contribution in [0.3, 0.4) is 0 Å². The van der Waals surface area contributed by atoms with E-state index in [4.69, 9.17) is 10.00 Å². The molecule has 0 fully saturated rings. The van der Waals surface area contributed by atoms with E-state index in [0.717, 1.165) is 12.0 Å². The van der Waals surface area contributed by atoms with Gasteiger partial charge in [-0.1, -0.05) is 18.2 Å². The van der Waals surface area contributed by atoms with Gasteiger partial charge in [-0.25, -0.2) is 9.18 Å².